The number of ether oxygens (including phenoxy) is 1. The summed E-state index contributed by atoms with van der Waals surface area (Å²) >= 11 is 0. The van der Waals surface area contributed by atoms with E-state index >= 15 is 0 Å². The van der Waals surface area contributed by atoms with Gasteiger partial charge in [0.25, 0.3) is 0 Å². The summed E-state index contributed by atoms with van der Waals surface area (Å²) in [6, 6.07) is 7.30. The molecule has 0 spiro atoms. The summed E-state index contributed by atoms with van der Waals surface area (Å²) in [5.74, 6) is 0.759. The first kappa shape index (κ1) is 17.6. The van der Waals surface area contributed by atoms with E-state index in [0.717, 1.165) is 5.56 Å². The number of anilines is 1. The molecule has 1 amide bonds. The minimum atomic E-state index is -0.967. The molecule has 1 aliphatic carbocycles. The van der Waals surface area contributed by atoms with Gasteiger partial charge in [0.2, 0.25) is 17.6 Å². The van der Waals surface area contributed by atoms with Crippen LogP contribution in [0, 0.1) is 12.3 Å². The number of aryl methyl sites for hydroxylation is 1. The number of benzene rings is 1. The minimum absolute atomic E-state index is 0.0121. The molecule has 0 radical (unpaired) electrons. The third-order valence-electron chi connectivity index (χ3n) is 5.14. The zero-order valence-corrected chi connectivity index (χ0v) is 15.0. The van der Waals surface area contributed by atoms with Gasteiger partial charge in [-0.1, -0.05) is 31.1 Å². The number of amides is 1. The molecule has 0 saturated heterocycles. The number of carbonyl (C=O) groups excluding carboxylic acids is 1. The monoisotopic (exact) mass is 344 g/mol. The maximum Gasteiger partial charge on any atom is 0.245 e. The zero-order valence-electron chi connectivity index (χ0n) is 15.0. The van der Waals surface area contributed by atoms with Gasteiger partial charge in [-0.3, -0.25) is 4.79 Å². The summed E-state index contributed by atoms with van der Waals surface area (Å²) in [5.41, 5.74) is 6.42. The molecule has 1 aromatic heterocycles. The van der Waals surface area contributed by atoms with Crippen molar-refractivity contribution in [1.29, 1.82) is 0 Å². The first-order chi connectivity index (χ1) is 11.8. The van der Waals surface area contributed by atoms with Gasteiger partial charge in [0.1, 0.15) is 5.54 Å². The molecule has 25 heavy (non-hydrogen) atoms. The molecule has 2 atom stereocenters. The van der Waals surface area contributed by atoms with Gasteiger partial charge in [-0.15, -0.1) is 0 Å². The third-order valence-corrected chi connectivity index (χ3v) is 5.14. The molecule has 1 aromatic carbocycles. The molecule has 1 fully saturated rings. The van der Waals surface area contributed by atoms with E-state index in [2.05, 4.69) is 15.5 Å². The molecule has 3 rings (SSSR count). The van der Waals surface area contributed by atoms with Crippen molar-refractivity contribution in [2.75, 3.05) is 11.9 Å². The lowest BCUT2D eigenvalue weighted by Gasteiger charge is -2.57. The second-order valence-electron chi connectivity index (χ2n) is 7.01. The van der Waals surface area contributed by atoms with Crippen molar-refractivity contribution < 1.29 is 14.1 Å². The van der Waals surface area contributed by atoms with Crippen LogP contribution in [0.2, 0.25) is 0 Å². The Morgan fingerprint density at radius 3 is 2.84 bits per heavy atom. The van der Waals surface area contributed by atoms with E-state index in [1.54, 1.807) is 13.0 Å². The van der Waals surface area contributed by atoms with Crippen molar-refractivity contribution in [2.24, 2.45) is 11.1 Å². The Balaban J connectivity index is 1.76. The predicted octanol–water partition coefficient (Wildman–Crippen LogP) is 2.52. The first-order valence-electron chi connectivity index (χ1n) is 8.40. The third kappa shape index (κ3) is 2.94. The molecule has 1 aliphatic rings. The van der Waals surface area contributed by atoms with Crippen LogP contribution >= 0.6 is 0 Å². The molecule has 0 aliphatic heterocycles. The van der Waals surface area contributed by atoms with E-state index in [4.69, 9.17) is 15.0 Å². The number of nitrogens with two attached hydrogens (primary N) is 1. The van der Waals surface area contributed by atoms with Crippen molar-refractivity contribution >= 4 is 11.6 Å². The summed E-state index contributed by atoms with van der Waals surface area (Å²) in [5, 5.41) is 6.81. The standard InChI is InChI=1S/C18H24N4O3/c1-5-24-14-10-18(19,17(14,3)4)16(23)21-13-8-6-7-12(9-13)15-20-11(2)25-22-15/h6-9,14H,5,10,19H2,1-4H3,(H,21,23). The summed E-state index contributed by atoms with van der Waals surface area (Å²) in [4.78, 5) is 17.0. The summed E-state index contributed by atoms with van der Waals surface area (Å²) in [6.07, 6.45) is 0.491. The Bertz CT molecular complexity index is 786. The van der Waals surface area contributed by atoms with Crippen molar-refractivity contribution in [1.82, 2.24) is 10.1 Å². The first-order valence-corrected chi connectivity index (χ1v) is 8.40. The average Bonchev–Trinajstić information content (AvgIpc) is 3.01. The fourth-order valence-electron chi connectivity index (χ4n) is 3.22. The van der Waals surface area contributed by atoms with Crippen LogP contribution < -0.4 is 11.1 Å². The fourth-order valence-corrected chi connectivity index (χ4v) is 3.22. The summed E-state index contributed by atoms with van der Waals surface area (Å²) in [6.45, 7) is 8.22. The van der Waals surface area contributed by atoms with Crippen molar-refractivity contribution in [3.05, 3.63) is 30.2 Å². The number of hydrogen-bond acceptors (Lipinski definition) is 6. The van der Waals surface area contributed by atoms with Crippen LogP contribution in [-0.4, -0.2) is 34.3 Å². The second-order valence-corrected chi connectivity index (χ2v) is 7.01. The topological polar surface area (TPSA) is 103 Å². The van der Waals surface area contributed by atoms with E-state index in [0.29, 0.717) is 30.4 Å². The highest BCUT2D eigenvalue weighted by atomic mass is 16.5. The highest BCUT2D eigenvalue weighted by Gasteiger charge is 2.62. The van der Waals surface area contributed by atoms with E-state index in [1.807, 2.05) is 39.0 Å². The Morgan fingerprint density at radius 1 is 1.48 bits per heavy atom. The molecule has 134 valence electrons. The molecule has 1 heterocycles. The maximum absolute atomic E-state index is 12.8. The molecule has 1 saturated carbocycles. The number of hydrogen-bond donors (Lipinski definition) is 2. The Morgan fingerprint density at radius 2 is 2.24 bits per heavy atom. The molecular weight excluding hydrogens is 320 g/mol. The van der Waals surface area contributed by atoms with Crippen LogP contribution in [0.1, 0.15) is 33.1 Å². The van der Waals surface area contributed by atoms with Gasteiger partial charge in [-0.05, 0) is 19.1 Å². The molecule has 3 N–H and O–H groups in total. The molecular formula is C18H24N4O3. The number of rotatable bonds is 5. The maximum atomic E-state index is 12.8. The molecule has 2 aromatic rings. The van der Waals surface area contributed by atoms with Gasteiger partial charge in [0.05, 0.1) is 6.10 Å². The Labute approximate surface area is 146 Å². The van der Waals surface area contributed by atoms with Crippen molar-refractivity contribution in [3.8, 4) is 11.4 Å². The normalized spacial score (nSPS) is 24.6. The lowest BCUT2D eigenvalue weighted by atomic mass is 9.54. The quantitative estimate of drug-likeness (QED) is 0.864. The summed E-state index contributed by atoms with van der Waals surface area (Å²) in [7, 11) is 0. The van der Waals surface area contributed by atoms with Crippen molar-refractivity contribution in [3.63, 3.8) is 0 Å². The van der Waals surface area contributed by atoms with Gasteiger partial charge in [0, 0.05) is 36.6 Å². The molecule has 7 heteroatoms. The van der Waals surface area contributed by atoms with Crippen LogP contribution in [0.3, 0.4) is 0 Å². The number of nitrogens with one attached hydrogen (secondary N) is 1. The van der Waals surface area contributed by atoms with Crippen LogP contribution in [-0.2, 0) is 9.53 Å². The Hall–Kier alpha value is -2.25. The zero-order chi connectivity index (χ0) is 18.2. The number of aromatic nitrogens is 2. The Kier molecular flexibility index (Phi) is 4.38. The van der Waals surface area contributed by atoms with Crippen LogP contribution in [0.25, 0.3) is 11.4 Å². The summed E-state index contributed by atoms with van der Waals surface area (Å²) < 4.78 is 10.7. The van der Waals surface area contributed by atoms with E-state index in [9.17, 15) is 4.79 Å². The highest BCUT2D eigenvalue weighted by Crippen LogP contribution is 2.50. The molecule has 2 unspecified atom stereocenters. The SMILES string of the molecule is CCOC1CC(N)(C(=O)Nc2cccc(-c3noc(C)n3)c2)C1(C)C. The van der Waals surface area contributed by atoms with E-state index in [1.165, 1.54) is 0 Å². The van der Waals surface area contributed by atoms with Crippen LogP contribution in [0.5, 0.6) is 0 Å². The highest BCUT2D eigenvalue weighted by molar-refractivity contribution is 6.00. The van der Waals surface area contributed by atoms with Gasteiger partial charge in [-0.25, -0.2) is 0 Å². The predicted molar refractivity (Wildman–Crippen MR) is 93.8 cm³/mol. The van der Waals surface area contributed by atoms with Crippen LogP contribution in [0.4, 0.5) is 5.69 Å². The van der Waals surface area contributed by atoms with Crippen molar-refractivity contribution in [2.45, 2.75) is 45.8 Å². The van der Waals surface area contributed by atoms with Crippen LogP contribution in [0.15, 0.2) is 28.8 Å². The number of carbonyl (C=O) groups is 1. The fraction of sp³-hybridized carbons (Fsp3) is 0.500. The molecule has 0 bridgehead atoms. The lowest BCUT2D eigenvalue weighted by molar-refractivity contribution is -0.166. The lowest BCUT2D eigenvalue weighted by Crippen LogP contribution is -2.74. The minimum Gasteiger partial charge on any atom is -0.378 e. The smallest absolute Gasteiger partial charge is 0.245 e. The second kappa shape index (κ2) is 6.24. The number of nitrogens with zero attached hydrogens (tertiary/aromatic N) is 2. The van der Waals surface area contributed by atoms with E-state index in [-0.39, 0.29) is 12.0 Å². The van der Waals surface area contributed by atoms with E-state index < -0.39 is 11.0 Å². The average molecular weight is 344 g/mol. The van der Waals surface area contributed by atoms with Gasteiger partial charge < -0.3 is 20.3 Å². The van der Waals surface area contributed by atoms with Gasteiger partial charge >= 0.3 is 0 Å². The molecule has 7 nitrogen and oxygen atoms in total. The van der Waals surface area contributed by atoms with Gasteiger partial charge in [0.15, 0.2) is 0 Å². The van der Waals surface area contributed by atoms with Gasteiger partial charge in [-0.2, -0.15) is 4.98 Å². The largest absolute Gasteiger partial charge is 0.378 e.